The zero-order chi connectivity index (χ0) is 16.7. The third kappa shape index (κ3) is 6.22. The zero-order valence-corrected chi connectivity index (χ0v) is 14.5. The van der Waals surface area contributed by atoms with Crippen molar-refractivity contribution in [2.75, 3.05) is 13.6 Å². The van der Waals surface area contributed by atoms with Crippen LogP contribution in [0, 0.1) is 0 Å². The maximum absolute atomic E-state index is 11.8. The average Bonchev–Trinajstić information content (AvgIpc) is 2.43. The number of carbonyl (C=O) groups is 2. The van der Waals surface area contributed by atoms with Gasteiger partial charge in [0.2, 0.25) is 0 Å². The molecule has 0 aromatic heterocycles. The van der Waals surface area contributed by atoms with Crippen LogP contribution in [0.1, 0.15) is 25.8 Å². The number of imide groups is 1. The minimum absolute atomic E-state index is 0.0307. The van der Waals surface area contributed by atoms with E-state index in [0.717, 1.165) is 16.9 Å². The summed E-state index contributed by atoms with van der Waals surface area (Å²) in [6, 6.07) is 4.97. The molecule has 0 radical (unpaired) electrons. The van der Waals surface area contributed by atoms with Gasteiger partial charge in [-0.1, -0.05) is 42.3 Å². The predicted octanol–water partition coefficient (Wildman–Crippen LogP) is 1.63. The fourth-order valence-corrected chi connectivity index (χ4v) is 2.27. The lowest BCUT2D eigenvalue weighted by atomic mass is 10.2. The van der Waals surface area contributed by atoms with Crippen molar-refractivity contribution in [3.05, 3.63) is 33.8 Å². The molecule has 0 saturated heterocycles. The van der Waals surface area contributed by atoms with Gasteiger partial charge in [-0.2, -0.15) is 0 Å². The summed E-state index contributed by atoms with van der Waals surface area (Å²) >= 11 is 12.1. The van der Waals surface area contributed by atoms with E-state index in [2.05, 4.69) is 10.6 Å². The molecular formula is C15H22Cl2N3O2+. The SMILES string of the molecule is CC[C@H](C)NC(=O)NC(=O)C[NH+](C)Cc1cccc(Cl)c1Cl. The van der Waals surface area contributed by atoms with Gasteiger partial charge in [0.25, 0.3) is 5.91 Å². The molecule has 2 atom stereocenters. The van der Waals surface area contributed by atoms with E-state index in [9.17, 15) is 9.59 Å². The Morgan fingerprint density at radius 2 is 2.00 bits per heavy atom. The maximum atomic E-state index is 11.8. The highest BCUT2D eigenvalue weighted by atomic mass is 35.5. The highest BCUT2D eigenvalue weighted by Gasteiger charge is 2.16. The van der Waals surface area contributed by atoms with Gasteiger partial charge in [-0.05, 0) is 19.4 Å². The molecule has 0 bridgehead atoms. The monoisotopic (exact) mass is 346 g/mol. The zero-order valence-electron chi connectivity index (χ0n) is 13.0. The van der Waals surface area contributed by atoms with Crippen molar-refractivity contribution in [3.8, 4) is 0 Å². The Bertz CT molecular complexity index is 538. The van der Waals surface area contributed by atoms with Crippen LogP contribution in [0.3, 0.4) is 0 Å². The highest BCUT2D eigenvalue weighted by molar-refractivity contribution is 6.42. The molecule has 0 heterocycles. The molecule has 0 saturated carbocycles. The molecule has 1 unspecified atom stereocenters. The fourth-order valence-electron chi connectivity index (χ4n) is 1.88. The second-order valence-corrected chi connectivity index (χ2v) is 6.14. The first kappa shape index (κ1) is 18.7. The van der Waals surface area contributed by atoms with Crippen molar-refractivity contribution >= 4 is 35.1 Å². The smallest absolute Gasteiger partial charge is 0.321 e. The average molecular weight is 347 g/mol. The number of hydrogen-bond donors (Lipinski definition) is 3. The second kappa shape index (κ2) is 8.98. The molecule has 0 spiro atoms. The topological polar surface area (TPSA) is 62.6 Å². The molecule has 3 amide bonds. The minimum atomic E-state index is -0.465. The third-order valence-electron chi connectivity index (χ3n) is 3.23. The van der Waals surface area contributed by atoms with E-state index in [1.165, 1.54) is 0 Å². The van der Waals surface area contributed by atoms with Crippen LogP contribution in [-0.4, -0.2) is 31.6 Å². The first-order chi connectivity index (χ1) is 10.3. The van der Waals surface area contributed by atoms with Crippen molar-refractivity contribution in [2.45, 2.75) is 32.9 Å². The Hall–Kier alpha value is -1.30. The van der Waals surface area contributed by atoms with E-state index in [0.29, 0.717) is 16.6 Å². The minimum Gasteiger partial charge on any atom is -0.335 e. The lowest BCUT2D eigenvalue weighted by Crippen LogP contribution is -3.09. The Labute approximate surface area is 141 Å². The van der Waals surface area contributed by atoms with Crippen LogP contribution in [0.5, 0.6) is 0 Å². The molecule has 7 heteroatoms. The lowest BCUT2D eigenvalue weighted by molar-refractivity contribution is -0.885. The molecular weight excluding hydrogens is 325 g/mol. The third-order valence-corrected chi connectivity index (χ3v) is 4.09. The quantitative estimate of drug-likeness (QED) is 0.733. The first-order valence-corrected chi connectivity index (χ1v) is 7.93. The first-order valence-electron chi connectivity index (χ1n) is 7.18. The number of amides is 3. The molecule has 0 aliphatic rings. The molecule has 1 aromatic carbocycles. The van der Waals surface area contributed by atoms with Crippen molar-refractivity contribution in [1.29, 1.82) is 0 Å². The number of carbonyl (C=O) groups excluding carboxylic acids is 2. The highest BCUT2D eigenvalue weighted by Crippen LogP contribution is 2.24. The molecule has 0 aliphatic heterocycles. The van der Waals surface area contributed by atoms with Gasteiger partial charge in [0.1, 0.15) is 6.54 Å². The molecule has 5 nitrogen and oxygen atoms in total. The Balaban J connectivity index is 2.47. The van der Waals surface area contributed by atoms with Gasteiger partial charge in [-0.25, -0.2) is 4.79 Å². The number of hydrogen-bond acceptors (Lipinski definition) is 2. The number of likely N-dealkylation sites (N-methyl/N-ethyl adjacent to an activating group) is 1. The molecule has 0 aliphatic carbocycles. The van der Waals surface area contributed by atoms with Gasteiger partial charge in [0.05, 0.1) is 17.1 Å². The molecule has 3 N–H and O–H groups in total. The van der Waals surface area contributed by atoms with E-state index >= 15 is 0 Å². The Morgan fingerprint density at radius 3 is 2.64 bits per heavy atom. The van der Waals surface area contributed by atoms with E-state index in [4.69, 9.17) is 23.2 Å². The predicted molar refractivity (Wildman–Crippen MR) is 88.3 cm³/mol. The van der Waals surface area contributed by atoms with Crippen LogP contribution < -0.4 is 15.5 Å². The van der Waals surface area contributed by atoms with Crippen molar-refractivity contribution in [3.63, 3.8) is 0 Å². The van der Waals surface area contributed by atoms with E-state index in [-0.39, 0.29) is 18.5 Å². The molecule has 0 fully saturated rings. The van der Waals surface area contributed by atoms with E-state index in [1.807, 2.05) is 33.0 Å². The van der Waals surface area contributed by atoms with E-state index < -0.39 is 6.03 Å². The number of benzene rings is 1. The number of rotatable bonds is 6. The normalized spacial score (nSPS) is 13.3. The summed E-state index contributed by atoms with van der Waals surface area (Å²) in [4.78, 5) is 24.3. The van der Waals surface area contributed by atoms with Crippen LogP contribution in [-0.2, 0) is 11.3 Å². The molecule has 122 valence electrons. The summed E-state index contributed by atoms with van der Waals surface area (Å²) in [6.45, 7) is 4.54. The summed E-state index contributed by atoms with van der Waals surface area (Å²) in [5.41, 5.74) is 0.864. The van der Waals surface area contributed by atoms with Crippen LogP contribution >= 0.6 is 23.2 Å². The lowest BCUT2D eigenvalue weighted by Gasteiger charge is -2.16. The summed E-state index contributed by atoms with van der Waals surface area (Å²) in [5, 5.41) is 5.99. The van der Waals surface area contributed by atoms with Crippen LogP contribution in [0.15, 0.2) is 18.2 Å². The van der Waals surface area contributed by atoms with Gasteiger partial charge in [0.15, 0.2) is 6.54 Å². The standard InChI is InChI=1S/C15H21Cl2N3O2/c1-4-10(2)18-15(22)19-13(21)9-20(3)8-11-6-5-7-12(16)14(11)17/h5-7,10H,4,8-9H2,1-3H3,(H2,18,19,21,22)/p+1/t10-/m0/s1. The van der Waals surface area contributed by atoms with Crippen molar-refractivity contribution < 1.29 is 14.5 Å². The van der Waals surface area contributed by atoms with Gasteiger partial charge in [0, 0.05) is 11.6 Å². The summed E-state index contributed by atoms with van der Waals surface area (Å²) < 4.78 is 0. The van der Waals surface area contributed by atoms with Gasteiger partial charge < -0.3 is 10.2 Å². The Kier molecular flexibility index (Phi) is 7.65. The number of quaternary nitrogens is 1. The van der Waals surface area contributed by atoms with Crippen LogP contribution in [0.2, 0.25) is 10.0 Å². The van der Waals surface area contributed by atoms with Crippen LogP contribution in [0.4, 0.5) is 4.79 Å². The largest absolute Gasteiger partial charge is 0.335 e. The second-order valence-electron chi connectivity index (χ2n) is 5.35. The number of urea groups is 1. The number of nitrogens with one attached hydrogen (secondary N) is 3. The Morgan fingerprint density at radius 1 is 1.32 bits per heavy atom. The van der Waals surface area contributed by atoms with Gasteiger partial charge >= 0.3 is 6.03 Å². The summed E-state index contributed by atoms with van der Waals surface area (Å²) in [7, 11) is 1.85. The van der Waals surface area contributed by atoms with E-state index in [1.54, 1.807) is 6.07 Å². The molecule has 1 aromatic rings. The fraction of sp³-hybridized carbons (Fsp3) is 0.467. The van der Waals surface area contributed by atoms with Crippen molar-refractivity contribution in [1.82, 2.24) is 10.6 Å². The molecule has 1 rings (SSSR count). The van der Waals surface area contributed by atoms with Gasteiger partial charge in [-0.3, -0.25) is 10.1 Å². The van der Waals surface area contributed by atoms with Crippen LogP contribution in [0.25, 0.3) is 0 Å². The molecule has 22 heavy (non-hydrogen) atoms. The maximum Gasteiger partial charge on any atom is 0.321 e. The number of halogens is 2. The summed E-state index contributed by atoms with van der Waals surface area (Å²) in [5.74, 6) is -0.337. The van der Waals surface area contributed by atoms with Gasteiger partial charge in [-0.15, -0.1) is 0 Å². The van der Waals surface area contributed by atoms with Crippen molar-refractivity contribution in [2.24, 2.45) is 0 Å². The summed E-state index contributed by atoms with van der Waals surface area (Å²) in [6.07, 6.45) is 0.806.